The lowest BCUT2D eigenvalue weighted by molar-refractivity contribution is -0.125. The third kappa shape index (κ3) is 4.28. The first-order chi connectivity index (χ1) is 9.77. The molecule has 3 heteroatoms. The summed E-state index contributed by atoms with van der Waals surface area (Å²) in [5.74, 6) is 0.111. The van der Waals surface area contributed by atoms with Crippen molar-refractivity contribution < 1.29 is 9.21 Å². The average Bonchev–Trinajstić information content (AvgIpc) is 2.39. The fourth-order valence-corrected chi connectivity index (χ4v) is 1.92. The summed E-state index contributed by atoms with van der Waals surface area (Å²) in [6, 6.07) is 7.09. The summed E-state index contributed by atoms with van der Waals surface area (Å²) < 4.78 is 5.18. The molecule has 2 aromatic rings. The summed E-state index contributed by atoms with van der Waals surface area (Å²) in [6.07, 6.45) is 0.259. The largest absolute Gasteiger partial charge is 0.423 e. The summed E-state index contributed by atoms with van der Waals surface area (Å²) in [4.78, 5) is 23.7. The monoisotopic (exact) mass is 288 g/mol. The summed E-state index contributed by atoms with van der Waals surface area (Å²) in [5, 5.41) is 0.836. The molecule has 0 atom stereocenters. The van der Waals surface area contributed by atoms with Gasteiger partial charge >= 0.3 is 5.63 Å². The third-order valence-electron chi connectivity index (χ3n) is 3.17. The maximum Gasteiger partial charge on any atom is 0.336 e. The molecular formula is C18H24O3. The molecule has 1 heterocycles. The van der Waals surface area contributed by atoms with Gasteiger partial charge in [-0.25, -0.2) is 4.79 Å². The van der Waals surface area contributed by atoms with Gasteiger partial charge in [-0.15, -0.1) is 0 Å². The second-order valence-corrected chi connectivity index (χ2v) is 5.94. The smallest absolute Gasteiger partial charge is 0.336 e. The van der Waals surface area contributed by atoms with Gasteiger partial charge in [0.15, 0.2) is 0 Å². The average molecular weight is 288 g/mol. The molecule has 0 N–H and O–H groups in total. The summed E-state index contributed by atoms with van der Waals surface area (Å²) in [5.41, 5.74) is 1.49. The Labute approximate surface area is 126 Å². The van der Waals surface area contributed by atoms with Crippen molar-refractivity contribution in [2.75, 3.05) is 0 Å². The van der Waals surface area contributed by atoms with Crippen molar-refractivity contribution in [1.82, 2.24) is 0 Å². The third-order valence-corrected chi connectivity index (χ3v) is 3.17. The SMILES string of the molecule is CC.Cc1ccc2c(CC(=O)C(C)(C)C)cc(=O)oc2c1. The van der Waals surface area contributed by atoms with E-state index in [1.165, 1.54) is 6.07 Å². The molecule has 0 aliphatic heterocycles. The van der Waals surface area contributed by atoms with Crippen LogP contribution in [-0.2, 0) is 11.2 Å². The highest BCUT2D eigenvalue weighted by atomic mass is 16.4. The molecule has 21 heavy (non-hydrogen) atoms. The molecular weight excluding hydrogens is 264 g/mol. The van der Waals surface area contributed by atoms with E-state index >= 15 is 0 Å². The Morgan fingerprint density at radius 2 is 1.76 bits per heavy atom. The Morgan fingerprint density at radius 3 is 2.33 bits per heavy atom. The zero-order valence-corrected chi connectivity index (χ0v) is 13.7. The van der Waals surface area contributed by atoms with Crippen molar-refractivity contribution in [3.8, 4) is 0 Å². The van der Waals surface area contributed by atoms with Gasteiger partial charge in [0, 0.05) is 23.3 Å². The molecule has 3 nitrogen and oxygen atoms in total. The van der Waals surface area contributed by atoms with Crippen LogP contribution in [0.2, 0.25) is 0 Å². The molecule has 0 saturated carbocycles. The Bertz CT molecular complexity index is 688. The predicted octanol–water partition coefficient (Wildman–Crippen LogP) is 4.29. The van der Waals surface area contributed by atoms with E-state index in [1.807, 2.05) is 59.7 Å². The molecule has 0 unspecified atom stereocenters. The number of carbonyl (C=O) groups is 1. The lowest BCUT2D eigenvalue weighted by Gasteiger charge is -2.16. The molecule has 0 amide bonds. The quantitative estimate of drug-likeness (QED) is 0.775. The zero-order chi connectivity index (χ0) is 16.2. The minimum absolute atomic E-state index is 0.111. The molecule has 114 valence electrons. The molecule has 0 spiro atoms. The normalized spacial score (nSPS) is 11.0. The van der Waals surface area contributed by atoms with Crippen molar-refractivity contribution in [3.63, 3.8) is 0 Å². The number of rotatable bonds is 2. The Morgan fingerprint density at radius 1 is 1.14 bits per heavy atom. The first kappa shape index (κ1) is 17.2. The highest BCUT2D eigenvalue weighted by Crippen LogP contribution is 2.23. The standard InChI is InChI=1S/C16H18O3.C2H6/c1-10-5-6-12-11(8-14(17)16(2,3)4)9-15(18)19-13(12)7-10;1-2/h5-7,9H,8H2,1-4H3;1-2H3. The van der Waals surface area contributed by atoms with Crippen molar-refractivity contribution in [2.24, 2.45) is 5.41 Å². The van der Waals surface area contributed by atoms with Gasteiger partial charge in [-0.2, -0.15) is 0 Å². The fourth-order valence-electron chi connectivity index (χ4n) is 1.92. The van der Waals surface area contributed by atoms with Gasteiger partial charge < -0.3 is 4.42 Å². The molecule has 0 fully saturated rings. The van der Waals surface area contributed by atoms with Crippen molar-refractivity contribution >= 4 is 16.8 Å². The number of Topliss-reactive ketones (excluding diaryl/α,β-unsaturated/α-hetero) is 1. The van der Waals surface area contributed by atoms with E-state index < -0.39 is 11.0 Å². The highest BCUT2D eigenvalue weighted by molar-refractivity contribution is 5.90. The molecule has 1 aromatic carbocycles. The predicted molar refractivity (Wildman–Crippen MR) is 86.7 cm³/mol. The van der Waals surface area contributed by atoms with Crippen LogP contribution in [0.25, 0.3) is 11.0 Å². The van der Waals surface area contributed by atoms with Gasteiger partial charge in [0.1, 0.15) is 11.4 Å². The van der Waals surface area contributed by atoms with Gasteiger partial charge in [0.25, 0.3) is 0 Å². The topological polar surface area (TPSA) is 47.3 Å². The van der Waals surface area contributed by atoms with Crippen molar-refractivity contribution in [3.05, 3.63) is 45.8 Å². The summed E-state index contributed by atoms with van der Waals surface area (Å²) >= 11 is 0. The van der Waals surface area contributed by atoms with Crippen LogP contribution < -0.4 is 5.63 Å². The van der Waals surface area contributed by atoms with Gasteiger partial charge in [-0.1, -0.05) is 46.8 Å². The van der Waals surface area contributed by atoms with Gasteiger partial charge in [0.2, 0.25) is 0 Å². The van der Waals surface area contributed by atoms with Crippen LogP contribution in [0.3, 0.4) is 0 Å². The number of benzene rings is 1. The van der Waals surface area contributed by atoms with E-state index in [9.17, 15) is 9.59 Å². The van der Waals surface area contributed by atoms with Crippen LogP contribution in [0, 0.1) is 12.3 Å². The highest BCUT2D eigenvalue weighted by Gasteiger charge is 2.22. The Balaban J connectivity index is 0.00000106. The van der Waals surface area contributed by atoms with Crippen LogP contribution in [0.1, 0.15) is 45.7 Å². The van der Waals surface area contributed by atoms with E-state index in [0.717, 1.165) is 16.5 Å². The number of hydrogen-bond donors (Lipinski definition) is 0. The number of carbonyl (C=O) groups excluding carboxylic acids is 1. The fraction of sp³-hybridized carbons (Fsp3) is 0.444. The van der Waals surface area contributed by atoms with Crippen LogP contribution in [-0.4, -0.2) is 5.78 Å². The van der Waals surface area contributed by atoms with Gasteiger partial charge in [-0.05, 0) is 24.1 Å². The van der Waals surface area contributed by atoms with Gasteiger partial charge in [-0.3, -0.25) is 4.79 Å². The van der Waals surface area contributed by atoms with Crippen molar-refractivity contribution in [2.45, 2.75) is 48.0 Å². The number of ketones is 1. The van der Waals surface area contributed by atoms with Crippen molar-refractivity contribution in [1.29, 1.82) is 0 Å². The van der Waals surface area contributed by atoms with E-state index in [-0.39, 0.29) is 12.2 Å². The van der Waals surface area contributed by atoms with Crippen LogP contribution in [0.4, 0.5) is 0 Å². The second-order valence-electron chi connectivity index (χ2n) is 5.94. The first-order valence-corrected chi connectivity index (χ1v) is 7.34. The number of aryl methyl sites for hydroxylation is 1. The van der Waals surface area contributed by atoms with Gasteiger partial charge in [0.05, 0.1) is 0 Å². The number of fused-ring (bicyclic) bond motifs is 1. The maximum atomic E-state index is 12.1. The summed E-state index contributed by atoms with van der Waals surface area (Å²) in [7, 11) is 0. The molecule has 0 bridgehead atoms. The molecule has 0 aliphatic rings. The summed E-state index contributed by atoms with van der Waals surface area (Å²) in [6.45, 7) is 11.6. The lowest BCUT2D eigenvalue weighted by atomic mass is 9.86. The molecule has 2 rings (SSSR count). The van der Waals surface area contributed by atoms with E-state index in [4.69, 9.17) is 4.42 Å². The minimum atomic E-state index is -0.410. The molecule has 0 aliphatic carbocycles. The van der Waals surface area contributed by atoms with Crippen LogP contribution >= 0.6 is 0 Å². The van der Waals surface area contributed by atoms with Crippen LogP contribution in [0.15, 0.2) is 33.5 Å². The first-order valence-electron chi connectivity index (χ1n) is 7.34. The number of hydrogen-bond acceptors (Lipinski definition) is 3. The molecule has 0 radical (unpaired) electrons. The zero-order valence-electron chi connectivity index (χ0n) is 13.7. The Kier molecular flexibility index (Phi) is 5.47. The van der Waals surface area contributed by atoms with E-state index in [2.05, 4.69) is 0 Å². The second kappa shape index (κ2) is 6.70. The minimum Gasteiger partial charge on any atom is -0.423 e. The molecule has 0 saturated heterocycles. The molecule has 1 aromatic heterocycles. The van der Waals surface area contributed by atoms with E-state index in [1.54, 1.807) is 0 Å². The van der Waals surface area contributed by atoms with E-state index in [0.29, 0.717) is 5.58 Å². The lowest BCUT2D eigenvalue weighted by Crippen LogP contribution is -2.22. The van der Waals surface area contributed by atoms with Crippen LogP contribution in [0.5, 0.6) is 0 Å². The Hall–Kier alpha value is -1.90. The maximum absolute atomic E-state index is 12.1.